The van der Waals surface area contributed by atoms with Crippen LogP contribution in [-0.2, 0) is 21.4 Å². The maximum Gasteiger partial charge on any atom is 0.256 e. The predicted molar refractivity (Wildman–Crippen MR) is 93.0 cm³/mol. The van der Waals surface area contributed by atoms with Crippen molar-refractivity contribution in [3.63, 3.8) is 0 Å². The minimum Gasteiger partial charge on any atom is -0.356 e. The molecule has 1 aliphatic heterocycles. The molecule has 1 fully saturated rings. The monoisotopic (exact) mass is 360 g/mol. The first-order valence-corrected chi connectivity index (χ1v) is 8.23. The molecule has 1 N–H and O–H groups in total. The van der Waals surface area contributed by atoms with E-state index in [-0.39, 0.29) is 24.2 Å². The fourth-order valence-corrected chi connectivity index (χ4v) is 3.14. The van der Waals surface area contributed by atoms with Crippen molar-refractivity contribution in [1.82, 2.24) is 14.7 Å². The van der Waals surface area contributed by atoms with Crippen molar-refractivity contribution in [3.05, 3.63) is 47.0 Å². The van der Waals surface area contributed by atoms with Crippen molar-refractivity contribution in [3.8, 4) is 0 Å². The number of carbonyl (C=O) groups excluding carboxylic acids is 2. The van der Waals surface area contributed by atoms with E-state index < -0.39 is 12.1 Å². The Morgan fingerprint density at radius 2 is 1.92 bits per heavy atom. The van der Waals surface area contributed by atoms with Gasteiger partial charge in [0.2, 0.25) is 5.91 Å². The van der Waals surface area contributed by atoms with Crippen molar-refractivity contribution < 1.29 is 18.7 Å². The van der Waals surface area contributed by atoms with E-state index >= 15 is 0 Å². The molecule has 0 radical (unpaired) electrons. The van der Waals surface area contributed by atoms with Crippen LogP contribution in [0.15, 0.2) is 24.3 Å². The number of benzene rings is 1. The Hall–Kier alpha value is -2.74. The van der Waals surface area contributed by atoms with Crippen molar-refractivity contribution in [1.29, 1.82) is 0 Å². The topological polar surface area (TPSA) is 76.5 Å². The summed E-state index contributed by atoms with van der Waals surface area (Å²) in [4.78, 5) is 26.4. The fraction of sp³-hybridized carbons (Fsp3) is 0.389. The number of ether oxygens (including phenoxy) is 1. The van der Waals surface area contributed by atoms with Crippen molar-refractivity contribution >= 4 is 17.5 Å². The molecule has 1 saturated heterocycles. The number of likely N-dealkylation sites (N-methyl/N-ethyl adjacent to an activating group) is 1. The van der Waals surface area contributed by atoms with Gasteiger partial charge in [-0.15, -0.1) is 0 Å². The summed E-state index contributed by atoms with van der Waals surface area (Å²) in [5.74, 6) is -1.00. The maximum absolute atomic E-state index is 13.3. The number of amides is 2. The third-order valence-electron chi connectivity index (χ3n) is 4.71. The van der Waals surface area contributed by atoms with Crippen LogP contribution in [0.25, 0.3) is 0 Å². The molecule has 1 aliphatic rings. The van der Waals surface area contributed by atoms with E-state index in [4.69, 9.17) is 4.74 Å². The lowest BCUT2D eigenvalue weighted by atomic mass is 9.97. The molecule has 0 spiro atoms. The molecule has 0 saturated carbocycles. The van der Waals surface area contributed by atoms with Crippen LogP contribution in [0.5, 0.6) is 0 Å². The lowest BCUT2D eigenvalue weighted by Gasteiger charge is -2.38. The van der Waals surface area contributed by atoms with Gasteiger partial charge in [0.15, 0.2) is 6.10 Å². The molecule has 2 atom stereocenters. The van der Waals surface area contributed by atoms with Gasteiger partial charge in [-0.25, -0.2) is 4.39 Å². The zero-order valence-electron chi connectivity index (χ0n) is 15.1. The smallest absolute Gasteiger partial charge is 0.256 e. The molecule has 138 valence electrons. The minimum absolute atomic E-state index is 0.183. The normalized spacial score (nSPS) is 20.3. The largest absolute Gasteiger partial charge is 0.356 e. The molecular weight excluding hydrogens is 339 g/mol. The number of hydrogen-bond acceptors (Lipinski definition) is 4. The zero-order valence-corrected chi connectivity index (χ0v) is 15.1. The van der Waals surface area contributed by atoms with Crippen LogP contribution >= 0.6 is 0 Å². The molecule has 1 aromatic carbocycles. The van der Waals surface area contributed by atoms with Gasteiger partial charge in [0.1, 0.15) is 12.4 Å². The van der Waals surface area contributed by atoms with E-state index in [0.29, 0.717) is 16.9 Å². The average Bonchev–Trinajstić information content (AvgIpc) is 2.84. The van der Waals surface area contributed by atoms with E-state index in [1.807, 2.05) is 6.92 Å². The number of nitrogens with one attached hydrogen (secondary N) is 1. The van der Waals surface area contributed by atoms with Gasteiger partial charge in [-0.2, -0.15) is 5.10 Å². The highest BCUT2D eigenvalue weighted by atomic mass is 19.1. The van der Waals surface area contributed by atoms with Gasteiger partial charge in [0.05, 0.1) is 23.1 Å². The summed E-state index contributed by atoms with van der Waals surface area (Å²) in [6.45, 7) is 3.47. The maximum atomic E-state index is 13.3. The highest BCUT2D eigenvalue weighted by Gasteiger charge is 2.40. The van der Waals surface area contributed by atoms with Gasteiger partial charge in [0, 0.05) is 14.1 Å². The Bertz CT molecular complexity index is 847. The Kier molecular flexibility index (Phi) is 4.78. The lowest BCUT2D eigenvalue weighted by Crippen LogP contribution is -2.51. The number of carbonyl (C=O) groups is 2. The van der Waals surface area contributed by atoms with Crippen LogP contribution in [0.2, 0.25) is 0 Å². The van der Waals surface area contributed by atoms with Gasteiger partial charge in [-0.1, -0.05) is 12.1 Å². The fourth-order valence-electron chi connectivity index (χ4n) is 3.14. The Morgan fingerprint density at radius 3 is 2.50 bits per heavy atom. The second-order valence-electron chi connectivity index (χ2n) is 6.39. The number of aromatic nitrogens is 2. The standard InChI is InChI=1S/C18H21FN4O3/c1-10-15(11(2)23(4)21-10)20-18(25)17-16(22(3)14(24)9-26-17)12-5-7-13(19)8-6-12/h5-8,16-17H,9H2,1-4H3,(H,20,25)/t16-,17-/m1/s1. The summed E-state index contributed by atoms with van der Waals surface area (Å²) in [6, 6.07) is 5.06. The van der Waals surface area contributed by atoms with Gasteiger partial charge in [-0.3, -0.25) is 14.3 Å². The molecule has 2 heterocycles. The number of rotatable bonds is 3. The number of nitrogens with zero attached hydrogens (tertiary/aromatic N) is 3. The molecule has 8 heteroatoms. The Balaban J connectivity index is 1.91. The predicted octanol–water partition coefficient (Wildman–Crippen LogP) is 1.71. The van der Waals surface area contributed by atoms with Crippen molar-refractivity contribution in [2.24, 2.45) is 7.05 Å². The highest BCUT2D eigenvalue weighted by molar-refractivity contribution is 5.97. The summed E-state index contributed by atoms with van der Waals surface area (Å²) in [5, 5.41) is 7.13. The second kappa shape index (κ2) is 6.87. The van der Waals surface area contributed by atoms with E-state index in [0.717, 1.165) is 5.69 Å². The van der Waals surface area contributed by atoms with Crippen molar-refractivity contribution in [2.45, 2.75) is 26.0 Å². The van der Waals surface area contributed by atoms with Crippen LogP contribution in [0.4, 0.5) is 10.1 Å². The van der Waals surface area contributed by atoms with Crippen LogP contribution in [0, 0.1) is 19.7 Å². The minimum atomic E-state index is -0.915. The van der Waals surface area contributed by atoms with Gasteiger partial charge >= 0.3 is 0 Å². The lowest BCUT2D eigenvalue weighted by molar-refractivity contribution is -0.160. The molecule has 3 rings (SSSR count). The van der Waals surface area contributed by atoms with E-state index in [9.17, 15) is 14.0 Å². The van der Waals surface area contributed by atoms with Crippen LogP contribution in [-0.4, -0.2) is 46.3 Å². The van der Waals surface area contributed by atoms with E-state index in [1.54, 1.807) is 37.8 Å². The Labute approximate surface area is 150 Å². The number of halogens is 1. The van der Waals surface area contributed by atoms with E-state index in [2.05, 4.69) is 10.4 Å². The van der Waals surface area contributed by atoms with Crippen molar-refractivity contribution in [2.75, 3.05) is 19.0 Å². The zero-order chi connectivity index (χ0) is 19.0. The summed E-state index contributed by atoms with van der Waals surface area (Å²) >= 11 is 0. The summed E-state index contributed by atoms with van der Waals surface area (Å²) in [6.07, 6.45) is -0.915. The van der Waals surface area contributed by atoms with Crippen LogP contribution in [0.1, 0.15) is 23.0 Å². The molecule has 2 amide bonds. The second-order valence-corrected chi connectivity index (χ2v) is 6.39. The summed E-state index contributed by atoms with van der Waals surface area (Å²) in [5.41, 5.74) is 2.76. The third-order valence-corrected chi connectivity index (χ3v) is 4.71. The van der Waals surface area contributed by atoms with Gasteiger partial charge in [0.25, 0.3) is 5.91 Å². The molecule has 1 aromatic heterocycles. The number of anilines is 1. The van der Waals surface area contributed by atoms with Crippen LogP contribution < -0.4 is 5.32 Å². The third kappa shape index (κ3) is 3.20. The first-order valence-electron chi connectivity index (χ1n) is 8.23. The molecule has 26 heavy (non-hydrogen) atoms. The molecule has 0 bridgehead atoms. The Morgan fingerprint density at radius 1 is 1.27 bits per heavy atom. The number of morpholine rings is 1. The molecule has 2 aromatic rings. The number of hydrogen-bond donors (Lipinski definition) is 1. The quantitative estimate of drug-likeness (QED) is 0.904. The average molecular weight is 360 g/mol. The van der Waals surface area contributed by atoms with Gasteiger partial charge < -0.3 is 15.0 Å². The summed E-state index contributed by atoms with van der Waals surface area (Å²) < 4.78 is 20.5. The molecule has 0 aliphatic carbocycles. The van der Waals surface area contributed by atoms with E-state index in [1.165, 1.54) is 17.0 Å². The first-order chi connectivity index (χ1) is 12.3. The van der Waals surface area contributed by atoms with Crippen LogP contribution in [0.3, 0.4) is 0 Å². The molecular formula is C18H21FN4O3. The van der Waals surface area contributed by atoms with Gasteiger partial charge in [-0.05, 0) is 31.5 Å². The highest BCUT2D eigenvalue weighted by Crippen LogP contribution is 2.30. The molecule has 0 unspecified atom stereocenters. The first kappa shape index (κ1) is 18.1. The SMILES string of the molecule is Cc1nn(C)c(C)c1NC(=O)[C@@H]1OCC(=O)N(C)[C@@H]1c1ccc(F)cc1. The number of aryl methyl sites for hydroxylation is 2. The summed E-state index contributed by atoms with van der Waals surface area (Å²) in [7, 11) is 3.41. The molecule has 7 nitrogen and oxygen atoms in total.